The summed E-state index contributed by atoms with van der Waals surface area (Å²) in [4.78, 5) is 10.8. The Bertz CT molecular complexity index is 193. The molecule has 0 aromatic heterocycles. The van der Waals surface area contributed by atoms with Crippen molar-refractivity contribution in [1.29, 1.82) is 0 Å². The first-order valence-electron chi connectivity index (χ1n) is 3.29. The summed E-state index contributed by atoms with van der Waals surface area (Å²) >= 11 is 0. The summed E-state index contributed by atoms with van der Waals surface area (Å²) in [5, 5.41) is 9.16. The van der Waals surface area contributed by atoms with Crippen molar-refractivity contribution in [2.24, 2.45) is 0 Å². The van der Waals surface area contributed by atoms with Gasteiger partial charge in [0.15, 0.2) is 6.10 Å². The molecule has 0 amide bonds. The molecular formula is C7H10O3. The highest BCUT2D eigenvalue weighted by Gasteiger charge is 2.29. The fraction of sp³-hybridized carbons (Fsp3) is 0.571. The van der Waals surface area contributed by atoms with Crippen LogP contribution in [-0.4, -0.2) is 17.2 Å². The van der Waals surface area contributed by atoms with Crippen LogP contribution in [0.2, 0.25) is 0 Å². The third-order valence-corrected chi connectivity index (χ3v) is 1.58. The van der Waals surface area contributed by atoms with Crippen molar-refractivity contribution < 1.29 is 14.6 Å². The molecule has 0 aromatic rings. The highest BCUT2D eigenvalue weighted by molar-refractivity contribution is 5.91. The molecule has 1 atom stereocenters. The molecule has 0 fully saturated rings. The molecule has 56 valence electrons. The van der Waals surface area contributed by atoms with Crippen LogP contribution in [0.1, 0.15) is 20.3 Å². The van der Waals surface area contributed by atoms with Gasteiger partial charge in [0.1, 0.15) is 5.76 Å². The fourth-order valence-corrected chi connectivity index (χ4v) is 0.963. The van der Waals surface area contributed by atoms with Crippen molar-refractivity contribution in [3.8, 4) is 0 Å². The van der Waals surface area contributed by atoms with E-state index in [1.165, 1.54) is 0 Å². The Morgan fingerprint density at radius 2 is 2.30 bits per heavy atom. The lowest BCUT2D eigenvalue weighted by Crippen LogP contribution is -2.05. The molecule has 1 heterocycles. The van der Waals surface area contributed by atoms with Crippen LogP contribution in [0.3, 0.4) is 0 Å². The minimum absolute atomic E-state index is 0.0903. The summed E-state index contributed by atoms with van der Waals surface area (Å²) in [6.45, 7) is 3.46. The predicted octanol–water partition coefficient (Wildman–Crippen LogP) is 1.15. The Labute approximate surface area is 59.3 Å². The van der Waals surface area contributed by atoms with E-state index in [-0.39, 0.29) is 11.7 Å². The molecule has 1 unspecified atom stereocenters. The van der Waals surface area contributed by atoms with E-state index in [9.17, 15) is 4.79 Å². The van der Waals surface area contributed by atoms with Gasteiger partial charge in [-0.25, -0.2) is 4.79 Å². The number of ether oxygens (including phenoxy) is 1. The second-order valence-electron chi connectivity index (χ2n) is 2.26. The van der Waals surface area contributed by atoms with Crippen LogP contribution in [0.25, 0.3) is 0 Å². The van der Waals surface area contributed by atoms with Crippen LogP contribution in [0, 0.1) is 0 Å². The normalized spacial score (nSPS) is 25.4. The zero-order valence-electron chi connectivity index (χ0n) is 6.05. The Balaban J connectivity index is 2.90. The van der Waals surface area contributed by atoms with Gasteiger partial charge >= 0.3 is 5.97 Å². The molecule has 1 aliphatic rings. The number of aliphatic hydroxyl groups is 1. The van der Waals surface area contributed by atoms with Crippen molar-refractivity contribution in [1.82, 2.24) is 0 Å². The maximum atomic E-state index is 10.8. The second kappa shape index (κ2) is 2.33. The zero-order valence-corrected chi connectivity index (χ0v) is 6.05. The number of hydrogen-bond donors (Lipinski definition) is 1. The largest absolute Gasteiger partial charge is 0.508 e. The first-order chi connectivity index (χ1) is 4.66. The minimum Gasteiger partial charge on any atom is -0.508 e. The maximum Gasteiger partial charge on any atom is 0.338 e. The maximum absolute atomic E-state index is 10.8. The standard InChI is InChI=1S/C7H10O3/c1-3-5-6(8)4(2)10-7(5)9/h4,8H,3H2,1-2H3. The SMILES string of the molecule is CCC1=C(O)C(C)OC1=O. The Kier molecular flexibility index (Phi) is 1.66. The van der Waals surface area contributed by atoms with E-state index in [4.69, 9.17) is 9.84 Å². The highest BCUT2D eigenvalue weighted by Crippen LogP contribution is 2.21. The van der Waals surface area contributed by atoms with Gasteiger partial charge in [-0.1, -0.05) is 6.92 Å². The number of cyclic esters (lactones) is 1. The number of hydrogen-bond acceptors (Lipinski definition) is 3. The topological polar surface area (TPSA) is 46.5 Å². The lowest BCUT2D eigenvalue weighted by atomic mass is 10.2. The lowest BCUT2D eigenvalue weighted by Gasteiger charge is -1.99. The van der Waals surface area contributed by atoms with E-state index in [1.54, 1.807) is 6.92 Å². The van der Waals surface area contributed by atoms with Crippen LogP contribution >= 0.6 is 0 Å². The van der Waals surface area contributed by atoms with Crippen molar-refractivity contribution in [2.45, 2.75) is 26.4 Å². The van der Waals surface area contributed by atoms with Gasteiger partial charge in [-0.05, 0) is 13.3 Å². The lowest BCUT2D eigenvalue weighted by molar-refractivity contribution is -0.139. The van der Waals surface area contributed by atoms with E-state index < -0.39 is 6.10 Å². The smallest absolute Gasteiger partial charge is 0.338 e. The number of carbonyl (C=O) groups is 1. The molecule has 0 radical (unpaired) electrons. The number of aliphatic hydroxyl groups excluding tert-OH is 1. The molecule has 3 nitrogen and oxygen atoms in total. The van der Waals surface area contributed by atoms with Gasteiger partial charge < -0.3 is 9.84 Å². The van der Waals surface area contributed by atoms with Crippen molar-refractivity contribution >= 4 is 5.97 Å². The molecule has 0 saturated carbocycles. The van der Waals surface area contributed by atoms with Crippen molar-refractivity contribution in [2.75, 3.05) is 0 Å². The average molecular weight is 142 g/mol. The fourth-order valence-electron chi connectivity index (χ4n) is 0.963. The second-order valence-corrected chi connectivity index (χ2v) is 2.26. The highest BCUT2D eigenvalue weighted by atomic mass is 16.6. The van der Waals surface area contributed by atoms with Gasteiger partial charge in [-0.3, -0.25) is 0 Å². The van der Waals surface area contributed by atoms with Gasteiger partial charge in [-0.2, -0.15) is 0 Å². The molecule has 1 aliphatic heterocycles. The number of carbonyl (C=O) groups excluding carboxylic acids is 1. The Hall–Kier alpha value is -0.990. The predicted molar refractivity (Wildman–Crippen MR) is 35.5 cm³/mol. The molecule has 1 N–H and O–H groups in total. The van der Waals surface area contributed by atoms with Gasteiger partial charge in [0.05, 0.1) is 5.57 Å². The number of esters is 1. The first kappa shape index (κ1) is 7.12. The van der Waals surface area contributed by atoms with Crippen LogP contribution < -0.4 is 0 Å². The molecule has 0 saturated heterocycles. The summed E-state index contributed by atoms with van der Waals surface area (Å²) in [7, 11) is 0. The average Bonchev–Trinajstić information content (AvgIpc) is 2.09. The molecule has 1 rings (SSSR count). The minimum atomic E-state index is -0.442. The van der Waals surface area contributed by atoms with Crippen molar-refractivity contribution in [3.63, 3.8) is 0 Å². The number of rotatable bonds is 1. The molecule has 0 aliphatic carbocycles. The Morgan fingerprint density at radius 3 is 2.50 bits per heavy atom. The third kappa shape index (κ3) is 0.875. The van der Waals surface area contributed by atoms with Gasteiger partial charge in [-0.15, -0.1) is 0 Å². The van der Waals surface area contributed by atoms with Crippen LogP contribution in [0.15, 0.2) is 11.3 Å². The van der Waals surface area contributed by atoms with Crippen LogP contribution in [0.5, 0.6) is 0 Å². The van der Waals surface area contributed by atoms with Crippen LogP contribution in [0.4, 0.5) is 0 Å². The summed E-state index contributed by atoms with van der Waals surface area (Å²) in [5.41, 5.74) is 0.410. The van der Waals surface area contributed by atoms with E-state index >= 15 is 0 Å². The molecule has 0 bridgehead atoms. The molecule has 0 aromatic carbocycles. The summed E-state index contributed by atoms with van der Waals surface area (Å²) in [5.74, 6) is -0.292. The summed E-state index contributed by atoms with van der Waals surface area (Å²) in [6.07, 6.45) is 0.0945. The molecule has 10 heavy (non-hydrogen) atoms. The van der Waals surface area contributed by atoms with Gasteiger partial charge in [0.2, 0.25) is 0 Å². The molecular weight excluding hydrogens is 132 g/mol. The first-order valence-corrected chi connectivity index (χ1v) is 3.29. The van der Waals surface area contributed by atoms with E-state index in [1.807, 2.05) is 6.92 Å². The van der Waals surface area contributed by atoms with E-state index in [0.717, 1.165) is 0 Å². The van der Waals surface area contributed by atoms with Crippen molar-refractivity contribution in [3.05, 3.63) is 11.3 Å². The summed E-state index contributed by atoms with van der Waals surface area (Å²) < 4.78 is 4.71. The Morgan fingerprint density at radius 1 is 1.70 bits per heavy atom. The third-order valence-electron chi connectivity index (χ3n) is 1.58. The quantitative estimate of drug-likeness (QED) is 0.559. The summed E-state index contributed by atoms with van der Waals surface area (Å²) in [6, 6.07) is 0. The molecule has 3 heteroatoms. The van der Waals surface area contributed by atoms with Gasteiger partial charge in [0, 0.05) is 0 Å². The van der Waals surface area contributed by atoms with Gasteiger partial charge in [0.25, 0.3) is 0 Å². The van der Waals surface area contributed by atoms with E-state index in [2.05, 4.69) is 0 Å². The zero-order chi connectivity index (χ0) is 7.72. The van der Waals surface area contributed by atoms with Crippen LogP contribution in [-0.2, 0) is 9.53 Å². The van der Waals surface area contributed by atoms with E-state index in [0.29, 0.717) is 12.0 Å². The molecule has 0 spiro atoms. The monoisotopic (exact) mass is 142 g/mol.